The number of nitrogens with one attached hydrogen (secondary N) is 1. The zero-order chi connectivity index (χ0) is 12.8. The van der Waals surface area contributed by atoms with Gasteiger partial charge in [-0.25, -0.2) is 4.39 Å². The van der Waals surface area contributed by atoms with Crippen molar-refractivity contribution in [3.63, 3.8) is 0 Å². The van der Waals surface area contributed by atoms with E-state index in [0.717, 1.165) is 44.8 Å². The van der Waals surface area contributed by atoms with Crippen LogP contribution in [0.1, 0.15) is 18.0 Å². The van der Waals surface area contributed by atoms with Crippen LogP contribution in [0.4, 0.5) is 4.39 Å². The van der Waals surface area contributed by atoms with E-state index in [2.05, 4.69) is 10.2 Å². The highest BCUT2D eigenvalue weighted by atomic mass is 19.1. The summed E-state index contributed by atoms with van der Waals surface area (Å²) < 4.78 is 18.2. The number of halogens is 1. The Kier molecular flexibility index (Phi) is 5.11. The molecule has 0 radical (unpaired) electrons. The van der Waals surface area contributed by atoms with Crippen molar-refractivity contribution in [3.05, 3.63) is 35.6 Å². The fourth-order valence-electron chi connectivity index (χ4n) is 2.31. The van der Waals surface area contributed by atoms with E-state index < -0.39 is 0 Å². The number of ether oxygens (including phenoxy) is 1. The maximum atomic E-state index is 12.9. The summed E-state index contributed by atoms with van der Waals surface area (Å²) in [5.41, 5.74) is 1.15. The van der Waals surface area contributed by atoms with Crippen LogP contribution in [-0.2, 0) is 4.74 Å². The molecular weight excluding hydrogens is 231 g/mol. The van der Waals surface area contributed by atoms with Crippen molar-refractivity contribution in [2.24, 2.45) is 0 Å². The minimum atomic E-state index is -0.179. The van der Waals surface area contributed by atoms with E-state index in [-0.39, 0.29) is 11.9 Å². The molecule has 1 fully saturated rings. The molecule has 0 amide bonds. The van der Waals surface area contributed by atoms with Crippen molar-refractivity contribution in [1.29, 1.82) is 0 Å². The normalized spacial score (nSPS) is 18.8. The Bertz CT molecular complexity index is 349. The van der Waals surface area contributed by atoms with Gasteiger partial charge in [-0.2, -0.15) is 0 Å². The second-order valence-electron chi connectivity index (χ2n) is 4.64. The Hall–Kier alpha value is -0.970. The van der Waals surface area contributed by atoms with Gasteiger partial charge in [-0.05, 0) is 31.2 Å². The molecule has 18 heavy (non-hydrogen) atoms. The first kappa shape index (κ1) is 13.5. The van der Waals surface area contributed by atoms with Gasteiger partial charge in [0, 0.05) is 25.7 Å². The predicted molar refractivity (Wildman–Crippen MR) is 70.1 cm³/mol. The molecule has 1 aromatic rings. The van der Waals surface area contributed by atoms with Crippen LogP contribution in [0.25, 0.3) is 0 Å². The first-order chi connectivity index (χ1) is 8.79. The summed E-state index contributed by atoms with van der Waals surface area (Å²) in [5.74, 6) is -0.179. The van der Waals surface area contributed by atoms with Crippen LogP contribution in [0.3, 0.4) is 0 Å². The van der Waals surface area contributed by atoms with Crippen LogP contribution in [0.15, 0.2) is 24.3 Å². The van der Waals surface area contributed by atoms with Gasteiger partial charge in [0.2, 0.25) is 0 Å². The summed E-state index contributed by atoms with van der Waals surface area (Å²) >= 11 is 0. The van der Waals surface area contributed by atoms with E-state index >= 15 is 0 Å². The molecule has 1 atom stereocenters. The van der Waals surface area contributed by atoms with Gasteiger partial charge in [-0.15, -0.1) is 0 Å². The monoisotopic (exact) mass is 252 g/mol. The zero-order valence-electron chi connectivity index (χ0n) is 10.9. The zero-order valence-corrected chi connectivity index (χ0v) is 10.9. The molecule has 1 heterocycles. The molecule has 0 aromatic heterocycles. The van der Waals surface area contributed by atoms with Gasteiger partial charge in [0.05, 0.1) is 13.2 Å². The Morgan fingerprint density at radius 2 is 1.94 bits per heavy atom. The SMILES string of the molecule is CNC(CCN1CCOCC1)c1ccc(F)cc1. The average Bonchev–Trinajstić information content (AvgIpc) is 2.42. The Morgan fingerprint density at radius 3 is 2.56 bits per heavy atom. The molecule has 3 nitrogen and oxygen atoms in total. The molecule has 0 aliphatic carbocycles. The van der Waals surface area contributed by atoms with Gasteiger partial charge >= 0.3 is 0 Å². The van der Waals surface area contributed by atoms with E-state index in [1.807, 2.05) is 19.2 Å². The quantitative estimate of drug-likeness (QED) is 0.865. The lowest BCUT2D eigenvalue weighted by Gasteiger charge is -2.28. The van der Waals surface area contributed by atoms with E-state index in [4.69, 9.17) is 4.74 Å². The lowest BCUT2D eigenvalue weighted by molar-refractivity contribution is 0.0362. The molecule has 0 saturated carbocycles. The first-order valence-electron chi connectivity index (χ1n) is 6.52. The maximum Gasteiger partial charge on any atom is 0.123 e. The summed E-state index contributed by atoms with van der Waals surface area (Å²) in [5, 5.41) is 3.30. The van der Waals surface area contributed by atoms with Crippen molar-refractivity contribution in [3.8, 4) is 0 Å². The van der Waals surface area contributed by atoms with Crippen LogP contribution in [0.2, 0.25) is 0 Å². The largest absolute Gasteiger partial charge is 0.379 e. The van der Waals surface area contributed by atoms with Crippen LogP contribution >= 0.6 is 0 Å². The van der Waals surface area contributed by atoms with Crippen LogP contribution in [-0.4, -0.2) is 44.8 Å². The van der Waals surface area contributed by atoms with Crippen molar-refractivity contribution < 1.29 is 9.13 Å². The second kappa shape index (κ2) is 6.83. The summed E-state index contributed by atoms with van der Waals surface area (Å²) in [6.07, 6.45) is 1.03. The van der Waals surface area contributed by atoms with Crippen molar-refractivity contribution in [2.75, 3.05) is 39.9 Å². The first-order valence-corrected chi connectivity index (χ1v) is 6.52. The average molecular weight is 252 g/mol. The smallest absolute Gasteiger partial charge is 0.123 e. The fourth-order valence-corrected chi connectivity index (χ4v) is 2.31. The summed E-state index contributed by atoms with van der Waals surface area (Å²) in [4.78, 5) is 2.41. The highest BCUT2D eigenvalue weighted by Gasteiger charge is 2.14. The molecule has 100 valence electrons. The summed E-state index contributed by atoms with van der Waals surface area (Å²) in [7, 11) is 1.95. The molecule has 2 rings (SSSR count). The third-order valence-corrected chi connectivity index (χ3v) is 3.46. The lowest BCUT2D eigenvalue weighted by Crippen LogP contribution is -2.38. The minimum Gasteiger partial charge on any atom is -0.379 e. The number of morpholine rings is 1. The molecule has 1 saturated heterocycles. The van der Waals surface area contributed by atoms with Crippen molar-refractivity contribution >= 4 is 0 Å². The number of hydrogen-bond donors (Lipinski definition) is 1. The van der Waals surface area contributed by atoms with Gasteiger partial charge in [0.25, 0.3) is 0 Å². The number of benzene rings is 1. The van der Waals surface area contributed by atoms with Gasteiger partial charge < -0.3 is 10.1 Å². The second-order valence-corrected chi connectivity index (χ2v) is 4.64. The maximum absolute atomic E-state index is 12.9. The topological polar surface area (TPSA) is 24.5 Å². The van der Waals surface area contributed by atoms with E-state index in [1.54, 1.807) is 0 Å². The molecule has 0 bridgehead atoms. The fraction of sp³-hybridized carbons (Fsp3) is 0.571. The molecule has 1 aliphatic heterocycles. The van der Waals surface area contributed by atoms with Crippen LogP contribution in [0, 0.1) is 5.82 Å². The third-order valence-electron chi connectivity index (χ3n) is 3.46. The molecule has 1 aliphatic rings. The minimum absolute atomic E-state index is 0.179. The molecule has 1 unspecified atom stereocenters. The Labute approximate surface area is 108 Å². The van der Waals surface area contributed by atoms with Crippen molar-refractivity contribution in [1.82, 2.24) is 10.2 Å². The van der Waals surface area contributed by atoms with Gasteiger partial charge in [-0.1, -0.05) is 12.1 Å². The molecular formula is C14H21FN2O. The number of rotatable bonds is 5. The third kappa shape index (κ3) is 3.77. The number of hydrogen-bond acceptors (Lipinski definition) is 3. The predicted octanol–water partition coefficient (Wildman–Crippen LogP) is 1.81. The molecule has 1 N–H and O–H groups in total. The summed E-state index contributed by atoms with van der Waals surface area (Å²) in [6, 6.07) is 7.04. The Balaban J connectivity index is 1.86. The molecule has 0 spiro atoms. The van der Waals surface area contributed by atoms with E-state index in [1.165, 1.54) is 12.1 Å². The summed E-state index contributed by atoms with van der Waals surface area (Å²) in [6.45, 7) is 4.74. The van der Waals surface area contributed by atoms with E-state index in [9.17, 15) is 4.39 Å². The van der Waals surface area contributed by atoms with Crippen LogP contribution in [0.5, 0.6) is 0 Å². The standard InChI is InChI=1S/C14H21FN2O/c1-16-14(12-2-4-13(15)5-3-12)6-7-17-8-10-18-11-9-17/h2-5,14,16H,6-11H2,1H3. The van der Waals surface area contributed by atoms with Gasteiger partial charge in [0.1, 0.15) is 5.82 Å². The van der Waals surface area contributed by atoms with Crippen molar-refractivity contribution in [2.45, 2.75) is 12.5 Å². The molecule has 4 heteroatoms. The number of nitrogens with zero attached hydrogens (tertiary/aromatic N) is 1. The highest BCUT2D eigenvalue weighted by Crippen LogP contribution is 2.17. The lowest BCUT2D eigenvalue weighted by atomic mass is 10.0. The van der Waals surface area contributed by atoms with Gasteiger partial charge in [-0.3, -0.25) is 4.90 Å². The highest BCUT2D eigenvalue weighted by molar-refractivity contribution is 5.19. The van der Waals surface area contributed by atoms with E-state index in [0.29, 0.717) is 0 Å². The molecule has 1 aromatic carbocycles. The Morgan fingerprint density at radius 1 is 1.28 bits per heavy atom. The van der Waals surface area contributed by atoms with Crippen LogP contribution < -0.4 is 5.32 Å². The van der Waals surface area contributed by atoms with Gasteiger partial charge in [0.15, 0.2) is 0 Å².